The first kappa shape index (κ1) is 22.2. The standard InChI is InChI=1S/C26H22FN3O3S/c1-32-22-13-18-20(14-23(22)33-2)28-26(34-15-17-10-6-7-11-19(17)27)30-21(25(31)29-24(18)30)12-16-8-4-3-5-9-16/h3-11,13-14,21H,12,15H2,1-2H3. The Morgan fingerprint density at radius 1 is 0.971 bits per heavy atom. The first-order chi connectivity index (χ1) is 16.6. The average molecular weight is 476 g/mol. The quantitative estimate of drug-likeness (QED) is 0.503. The zero-order chi connectivity index (χ0) is 23.7. The van der Waals surface area contributed by atoms with E-state index in [9.17, 15) is 9.18 Å². The van der Waals surface area contributed by atoms with E-state index in [0.717, 1.165) is 5.56 Å². The number of amidine groups is 2. The topological polar surface area (TPSA) is 63.5 Å². The van der Waals surface area contributed by atoms with Crippen LogP contribution in [0.25, 0.3) is 0 Å². The van der Waals surface area contributed by atoms with Gasteiger partial charge in [0, 0.05) is 23.8 Å². The van der Waals surface area contributed by atoms with Crippen molar-refractivity contribution in [3.05, 3.63) is 89.2 Å². The highest BCUT2D eigenvalue weighted by atomic mass is 32.2. The number of carbonyl (C=O) groups excluding carboxylic acids is 1. The highest BCUT2D eigenvalue weighted by Gasteiger charge is 2.42. The number of methoxy groups -OCH3 is 2. The largest absolute Gasteiger partial charge is 0.493 e. The molecule has 0 radical (unpaired) electrons. The Kier molecular flexibility index (Phi) is 6.06. The van der Waals surface area contributed by atoms with Gasteiger partial charge in [-0.25, -0.2) is 9.38 Å². The summed E-state index contributed by atoms with van der Waals surface area (Å²) in [5.41, 5.74) is 2.90. The minimum atomic E-state index is -0.537. The molecule has 0 aromatic heterocycles. The van der Waals surface area contributed by atoms with Crippen LogP contribution in [0.4, 0.5) is 10.1 Å². The Bertz CT molecular complexity index is 1310. The summed E-state index contributed by atoms with van der Waals surface area (Å²) in [6.07, 6.45) is 0.481. The van der Waals surface area contributed by atoms with E-state index in [1.54, 1.807) is 44.6 Å². The number of halogens is 1. The van der Waals surface area contributed by atoms with Crippen molar-refractivity contribution in [3.63, 3.8) is 0 Å². The fourth-order valence-electron chi connectivity index (χ4n) is 4.08. The molecule has 0 bridgehead atoms. The predicted molar refractivity (Wildman–Crippen MR) is 132 cm³/mol. The maximum absolute atomic E-state index is 14.3. The number of carbonyl (C=O) groups is 1. The molecule has 1 unspecified atom stereocenters. The lowest BCUT2D eigenvalue weighted by Crippen LogP contribution is -2.44. The van der Waals surface area contributed by atoms with Gasteiger partial charge < -0.3 is 9.47 Å². The van der Waals surface area contributed by atoms with Gasteiger partial charge in [-0.05, 0) is 23.3 Å². The summed E-state index contributed by atoms with van der Waals surface area (Å²) in [5.74, 6) is 1.44. The normalized spacial score (nSPS) is 16.5. The van der Waals surface area contributed by atoms with Crippen molar-refractivity contribution < 1.29 is 18.7 Å². The van der Waals surface area contributed by atoms with Crippen LogP contribution in [0.2, 0.25) is 0 Å². The predicted octanol–water partition coefficient (Wildman–Crippen LogP) is 4.98. The average Bonchev–Trinajstić information content (AvgIpc) is 3.19. The van der Waals surface area contributed by atoms with Crippen molar-refractivity contribution in [2.24, 2.45) is 9.98 Å². The van der Waals surface area contributed by atoms with Crippen molar-refractivity contribution in [1.82, 2.24) is 4.90 Å². The van der Waals surface area contributed by atoms with E-state index in [4.69, 9.17) is 14.5 Å². The highest BCUT2D eigenvalue weighted by molar-refractivity contribution is 8.13. The number of fused-ring (bicyclic) bond motifs is 3. The third kappa shape index (κ3) is 4.05. The van der Waals surface area contributed by atoms with Gasteiger partial charge in [-0.3, -0.25) is 9.69 Å². The van der Waals surface area contributed by atoms with E-state index in [2.05, 4.69) is 4.99 Å². The van der Waals surface area contributed by atoms with Crippen LogP contribution in [0.3, 0.4) is 0 Å². The van der Waals surface area contributed by atoms with Gasteiger partial charge in [-0.15, -0.1) is 0 Å². The number of amides is 1. The molecule has 1 atom stereocenters. The molecule has 0 saturated heterocycles. The van der Waals surface area contributed by atoms with E-state index in [0.29, 0.717) is 51.5 Å². The van der Waals surface area contributed by atoms with Crippen LogP contribution >= 0.6 is 11.8 Å². The van der Waals surface area contributed by atoms with E-state index in [1.807, 2.05) is 35.2 Å². The molecule has 0 spiro atoms. The highest BCUT2D eigenvalue weighted by Crippen LogP contribution is 2.41. The molecule has 2 aliphatic heterocycles. The Hall–Kier alpha value is -3.65. The second-order valence-electron chi connectivity index (χ2n) is 7.85. The number of hydrogen-bond acceptors (Lipinski definition) is 6. The van der Waals surface area contributed by atoms with E-state index in [1.165, 1.54) is 17.8 Å². The molecule has 6 nitrogen and oxygen atoms in total. The lowest BCUT2D eigenvalue weighted by Gasteiger charge is -2.31. The zero-order valence-electron chi connectivity index (χ0n) is 18.7. The minimum absolute atomic E-state index is 0.235. The molecule has 0 fully saturated rings. The first-order valence-electron chi connectivity index (χ1n) is 10.8. The molecule has 2 heterocycles. The fraction of sp³-hybridized carbons (Fsp3) is 0.192. The van der Waals surface area contributed by atoms with Gasteiger partial charge in [0.2, 0.25) is 0 Å². The van der Waals surface area contributed by atoms with Crippen molar-refractivity contribution in [1.29, 1.82) is 0 Å². The molecule has 5 rings (SSSR count). The summed E-state index contributed by atoms with van der Waals surface area (Å²) in [6.45, 7) is 0. The van der Waals surface area contributed by atoms with E-state index >= 15 is 0 Å². The smallest absolute Gasteiger partial charge is 0.271 e. The molecule has 172 valence electrons. The number of nitrogens with zero attached hydrogens (tertiary/aromatic N) is 3. The maximum Gasteiger partial charge on any atom is 0.271 e. The van der Waals surface area contributed by atoms with Crippen LogP contribution in [0.1, 0.15) is 16.7 Å². The summed E-state index contributed by atoms with van der Waals surface area (Å²) in [6, 6.07) is 19.5. The van der Waals surface area contributed by atoms with Gasteiger partial charge >= 0.3 is 0 Å². The monoisotopic (exact) mass is 475 g/mol. The number of benzene rings is 3. The van der Waals surface area contributed by atoms with Crippen molar-refractivity contribution in [3.8, 4) is 11.5 Å². The molecule has 34 heavy (non-hydrogen) atoms. The van der Waals surface area contributed by atoms with Gasteiger partial charge in [-0.2, -0.15) is 4.99 Å². The second kappa shape index (κ2) is 9.30. The van der Waals surface area contributed by atoms with Crippen LogP contribution < -0.4 is 9.47 Å². The maximum atomic E-state index is 14.3. The second-order valence-corrected chi connectivity index (χ2v) is 8.79. The zero-order valence-corrected chi connectivity index (χ0v) is 19.5. The Morgan fingerprint density at radius 2 is 1.68 bits per heavy atom. The lowest BCUT2D eigenvalue weighted by molar-refractivity contribution is -0.119. The molecule has 3 aromatic rings. The van der Waals surface area contributed by atoms with Crippen LogP contribution in [0, 0.1) is 5.82 Å². The van der Waals surface area contributed by atoms with E-state index < -0.39 is 6.04 Å². The van der Waals surface area contributed by atoms with Crippen LogP contribution in [-0.2, 0) is 17.0 Å². The Morgan fingerprint density at radius 3 is 2.41 bits per heavy atom. The van der Waals surface area contributed by atoms with Crippen molar-refractivity contribution in [2.45, 2.75) is 18.2 Å². The van der Waals surface area contributed by atoms with Gasteiger partial charge in [0.1, 0.15) is 17.7 Å². The van der Waals surface area contributed by atoms with Crippen LogP contribution in [-0.4, -0.2) is 42.1 Å². The number of aliphatic imine (C=N–C) groups is 2. The molecule has 0 saturated carbocycles. The van der Waals surface area contributed by atoms with Gasteiger partial charge in [0.15, 0.2) is 16.7 Å². The first-order valence-corrected chi connectivity index (χ1v) is 11.7. The third-order valence-electron chi connectivity index (χ3n) is 5.79. The number of thioether (sulfide) groups is 1. The van der Waals surface area contributed by atoms with Gasteiger partial charge in [0.05, 0.1) is 19.9 Å². The molecule has 3 aromatic carbocycles. The Labute approximate surface area is 201 Å². The van der Waals surface area contributed by atoms with Gasteiger partial charge in [0.25, 0.3) is 5.91 Å². The molecule has 8 heteroatoms. The number of rotatable bonds is 6. The summed E-state index contributed by atoms with van der Waals surface area (Å²) < 4.78 is 25.2. The third-order valence-corrected chi connectivity index (χ3v) is 6.79. The molecule has 1 amide bonds. The summed E-state index contributed by atoms with van der Waals surface area (Å²) in [5, 5.41) is 0.591. The summed E-state index contributed by atoms with van der Waals surface area (Å²) >= 11 is 1.38. The van der Waals surface area contributed by atoms with Crippen molar-refractivity contribution >= 4 is 34.4 Å². The molecule has 0 aliphatic carbocycles. The van der Waals surface area contributed by atoms with E-state index in [-0.39, 0.29) is 11.7 Å². The Balaban J connectivity index is 1.56. The number of hydrogen-bond donors (Lipinski definition) is 0. The van der Waals surface area contributed by atoms with Crippen LogP contribution in [0.15, 0.2) is 76.7 Å². The lowest BCUT2D eigenvalue weighted by atomic mass is 10.0. The molecule has 2 aliphatic rings. The van der Waals surface area contributed by atoms with Gasteiger partial charge in [-0.1, -0.05) is 60.3 Å². The van der Waals surface area contributed by atoms with Crippen LogP contribution in [0.5, 0.6) is 11.5 Å². The SMILES string of the molecule is COc1cc2c(cc1OC)C1=NC(=O)C(Cc3ccccc3)N1C(SCc1ccccc1F)=N2. The van der Waals surface area contributed by atoms with Crippen molar-refractivity contribution in [2.75, 3.05) is 14.2 Å². The molecular formula is C26H22FN3O3S. The fourth-order valence-corrected chi connectivity index (χ4v) is 5.11. The number of ether oxygens (including phenoxy) is 2. The molecular weight excluding hydrogens is 453 g/mol. The summed E-state index contributed by atoms with van der Waals surface area (Å²) in [7, 11) is 3.12. The summed E-state index contributed by atoms with van der Waals surface area (Å²) in [4.78, 5) is 24.2. The molecule has 0 N–H and O–H groups in total. The minimum Gasteiger partial charge on any atom is -0.493 e.